The van der Waals surface area contributed by atoms with Gasteiger partial charge in [0.15, 0.2) is 0 Å². The Morgan fingerprint density at radius 3 is 2.65 bits per heavy atom. The summed E-state index contributed by atoms with van der Waals surface area (Å²) in [5, 5.41) is 0.614. The Balaban J connectivity index is 1.78. The summed E-state index contributed by atoms with van der Waals surface area (Å²) in [7, 11) is 0. The molecule has 4 nitrogen and oxygen atoms in total. The number of esters is 1. The van der Waals surface area contributed by atoms with E-state index in [0.29, 0.717) is 17.8 Å². The van der Waals surface area contributed by atoms with Crippen LogP contribution in [0.4, 0.5) is 0 Å². The van der Waals surface area contributed by atoms with Crippen molar-refractivity contribution in [1.82, 2.24) is 9.55 Å². The van der Waals surface area contributed by atoms with E-state index in [1.165, 1.54) is 6.42 Å². The highest BCUT2D eigenvalue weighted by Crippen LogP contribution is 2.37. The standard InChI is InChI=1S/C26H38N2O2S/c1-5-10-21(28-15-8-9-16-28)18-24(31-25-11-6-7-14-27-25)26(29)30-23-17-20(4)12-13-22(23)19(2)3/h6-9,11,14-16,19-24H,5,10,12-13,17-18H2,1-4H3/t20-,21-,22+,23-,24-/m1/s1. The summed E-state index contributed by atoms with van der Waals surface area (Å²) < 4.78 is 8.51. The van der Waals surface area contributed by atoms with Gasteiger partial charge in [0, 0.05) is 24.6 Å². The zero-order valence-electron chi connectivity index (χ0n) is 19.4. The van der Waals surface area contributed by atoms with Crippen LogP contribution in [0.15, 0.2) is 53.9 Å². The van der Waals surface area contributed by atoms with Gasteiger partial charge in [-0.3, -0.25) is 4.79 Å². The van der Waals surface area contributed by atoms with Crippen molar-refractivity contribution >= 4 is 17.7 Å². The molecule has 0 aromatic carbocycles. The maximum Gasteiger partial charge on any atom is 0.319 e. The van der Waals surface area contributed by atoms with Crippen LogP contribution in [0, 0.1) is 17.8 Å². The van der Waals surface area contributed by atoms with E-state index in [-0.39, 0.29) is 23.4 Å². The summed E-state index contributed by atoms with van der Waals surface area (Å²) in [6.07, 6.45) is 12.2. The minimum Gasteiger partial charge on any atom is -0.461 e. The molecule has 0 amide bonds. The van der Waals surface area contributed by atoms with Crippen molar-refractivity contribution in [1.29, 1.82) is 0 Å². The third kappa shape index (κ3) is 6.86. The van der Waals surface area contributed by atoms with E-state index < -0.39 is 0 Å². The molecule has 0 aliphatic heterocycles. The number of rotatable bonds is 10. The quantitative estimate of drug-likeness (QED) is 0.300. The van der Waals surface area contributed by atoms with Gasteiger partial charge in [-0.2, -0.15) is 0 Å². The molecule has 1 aliphatic rings. The fraction of sp³-hybridized carbons (Fsp3) is 0.615. The summed E-state index contributed by atoms with van der Waals surface area (Å²) >= 11 is 1.55. The molecule has 0 bridgehead atoms. The second kappa shape index (κ2) is 11.8. The number of aromatic nitrogens is 2. The molecule has 0 saturated heterocycles. The number of carbonyl (C=O) groups excluding carboxylic acids is 1. The van der Waals surface area contributed by atoms with Gasteiger partial charge in [-0.1, -0.05) is 58.4 Å². The van der Waals surface area contributed by atoms with Crippen LogP contribution >= 0.6 is 11.8 Å². The molecule has 2 heterocycles. The predicted molar refractivity (Wildman–Crippen MR) is 128 cm³/mol. The topological polar surface area (TPSA) is 44.1 Å². The van der Waals surface area contributed by atoms with Crippen molar-refractivity contribution in [2.45, 2.75) is 88.6 Å². The SMILES string of the molecule is CCC[C@H](C[C@@H](Sc1ccccn1)C(=O)O[C@@H]1C[C@H](C)CC[C@H]1C(C)C)n1cccc1. The minimum atomic E-state index is -0.265. The summed E-state index contributed by atoms with van der Waals surface area (Å²) in [5.41, 5.74) is 0. The Morgan fingerprint density at radius 1 is 1.23 bits per heavy atom. The van der Waals surface area contributed by atoms with Crippen LogP contribution in [-0.2, 0) is 9.53 Å². The maximum absolute atomic E-state index is 13.5. The molecule has 5 atom stereocenters. The van der Waals surface area contributed by atoms with Crippen molar-refractivity contribution < 1.29 is 9.53 Å². The average Bonchev–Trinajstić information content (AvgIpc) is 3.28. The molecular formula is C26H38N2O2S. The molecule has 1 aliphatic carbocycles. The molecule has 0 unspecified atom stereocenters. The van der Waals surface area contributed by atoms with Crippen LogP contribution < -0.4 is 0 Å². The van der Waals surface area contributed by atoms with Crippen molar-refractivity contribution in [3.63, 3.8) is 0 Å². The van der Waals surface area contributed by atoms with Crippen LogP contribution in [0.3, 0.4) is 0 Å². The molecule has 0 radical (unpaired) electrons. The van der Waals surface area contributed by atoms with Crippen molar-refractivity contribution in [2.75, 3.05) is 0 Å². The van der Waals surface area contributed by atoms with E-state index >= 15 is 0 Å². The van der Waals surface area contributed by atoms with Crippen LogP contribution in [-0.4, -0.2) is 26.9 Å². The van der Waals surface area contributed by atoms with E-state index in [9.17, 15) is 4.79 Å². The lowest BCUT2D eigenvalue weighted by atomic mass is 9.75. The highest BCUT2D eigenvalue weighted by atomic mass is 32.2. The van der Waals surface area contributed by atoms with Crippen LogP contribution in [0.1, 0.15) is 72.3 Å². The van der Waals surface area contributed by atoms with Gasteiger partial charge in [-0.25, -0.2) is 4.98 Å². The number of hydrogen-bond acceptors (Lipinski definition) is 4. The summed E-state index contributed by atoms with van der Waals surface area (Å²) in [6, 6.07) is 10.3. The van der Waals surface area contributed by atoms with E-state index in [4.69, 9.17) is 4.74 Å². The van der Waals surface area contributed by atoms with Gasteiger partial charge >= 0.3 is 5.97 Å². The Labute approximate surface area is 192 Å². The van der Waals surface area contributed by atoms with Gasteiger partial charge in [0.2, 0.25) is 0 Å². The number of nitrogens with zero attached hydrogens (tertiary/aromatic N) is 2. The van der Waals surface area contributed by atoms with E-state index in [1.807, 2.05) is 18.2 Å². The molecule has 1 fully saturated rings. The third-order valence-corrected chi connectivity index (χ3v) is 7.70. The van der Waals surface area contributed by atoms with Gasteiger partial charge in [-0.05, 0) is 67.7 Å². The molecule has 3 rings (SSSR count). The first-order valence-corrected chi connectivity index (χ1v) is 12.8. The smallest absolute Gasteiger partial charge is 0.319 e. The summed E-state index contributed by atoms with van der Waals surface area (Å²) in [6.45, 7) is 8.99. The van der Waals surface area contributed by atoms with Gasteiger partial charge < -0.3 is 9.30 Å². The number of pyridine rings is 1. The second-order valence-corrected chi connectivity index (χ2v) is 10.6. The molecular weight excluding hydrogens is 404 g/mol. The highest BCUT2D eigenvalue weighted by Gasteiger charge is 2.36. The first-order chi connectivity index (χ1) is 15.0. The van der Waals surface area contributed by atoms with Gasteiger partial charge in [0.05, 0.1) is 5.03 Å². The number of thioether (sulfide) groups is 1. The Morgan fingerprint density at radius 2 is 2.00 bits per heavy atom. The lowest BCUT2D eigenvalue weighted by Gasteiger charge is -2.37. The monoisotopic (exact) mass is 442 g/mol. The Kier molecular flexibility index (Phi) is 9.06. The van der Waals surface area contributed by atoms with Crippen molar-refractivity contribution in [3.8, 4) is 0 Å². The minimum absolute atomic E-state index is 0.0271. The zero-order valence-corrected chi connectivity index (χ0v) is 20.3. The van der Waals surface area contributed by atoms with E-state index in [2.05, 4.69) is 61.8 Å². The summed E-state index contributed by atoms with van der Waals surface area (Å²) in [4.78, 5) is 18.0. The highest BCUT2D eigenvalue weighted by molar-refractivity contribution is 8.00. The Bertz CT molecular complexity index is 778. The first kappa shape index (κ1) is 23.9. The van der Waals surface area contributed by atoms with Gasteiger partial charge in [0.25, 0.3) is 0 Å². The molecule has 1 saturated carbocycles. The van der Waals surface area contributed by atoms with Crippen molar-refractivity contribution in [3.05, 3.63) is 48.9 Å². The van der Waals surface area contributed by atoms with Gasteiger partial charge in [-0.15, -0.1) is 0 Å². The largest absolute Gasteiger partial charge is 0.461 e. The number of ether oxygens (including phenoxy) is 1. The molecule has 2 aromatic heterocycles. The van der Waals surface area contributed by atoms with Crippen molar-refractivity contribution in [2.24, 2.45) is 17.8 Å². The molecule has 0 N–H and O–H groups in total. The fourth-order valence-corrected chi connectivity index (χ4v) is 5.83. The van der Waals surface area contributed by atoms with Crippen LogP contribution in [0.2, 0.25) is 0 Å². The number of carbonyl (C=O) groups is 1. The normalized spacial score (nSPS) is 23.5. The zero-order chi connectivity index (χ0) is 22.2. The average molecular weight is 443 g/mol. The Hall–Kier alpha value is -1.75. The molecule has 0 spiro atoms. The molecule has 5 heteroatoms. The lowest BCUT2D eigenvalue weighted by molar-refractivity contribution is -0.155. The summed E-state index contributed by atoms with van der Waals surface area (Å²) in [5.74, 6) is 1.52. The van der Waals surface area contributed by atoms with Crippen LogP contribution in [0.25, 0.3) is 0 Å². The lowest BCUT2D eigenvalue weighted by Crippen LogP contribution is -2.38. The van der Waals surface area contributed by atoms with E-state index in [1.54, 1.807) is 18.0 Å². The maximum atomic E-state index is 13.5. The molecule has 2 aromatic rings. The number of hydrogen-bond donors (Lipinski definition) is 0. The predicted octanol–water partition coefficient (Wildman–Crippen LogP) is 6.78. The van der Waals surface area contributed by atoms with E-state index in [0.717, 1.165) is 37.1 Å². The fourth-order valence-electron chi connectivity index (χ4n) is 4.79. The molecule has 170 valence electrons. The first-order valence-electron chi connectivity index (χ1n) is 11.9. The third-order valence-electron chi connectivity index (χ3n) is 6.55. The molecule has 31 heavy (non-hydrogen) atoms. The van der Waals surface area contributed by atoms with Gasteiger partial charge in [0.1, 0.15) is 11.4 Å². The van der Waals surface area contributed by atoms with Crippen LogP contribution in [0.5, 0.6) is 0 Å². The second-order valence-electron chi connectivity index (χ2n) is 9.38.